The first kappa shape index (κ1) is 14.0. The van der Waals surface area contributed by atoms with Gasteiger partial charge < -0.3 is 15.4 Å². The summed E-state index contributed by atoms with van der Waals surface area (Å²) in [6.45, 7) is 3.50. The predicted octanol–water partition coefficient (Wildman–Crippen LogP) is 3.55. The predicted molar refractivity (Wildman–Crippen MR) is 83.5 cm³/mol. The highest BCUT2D eigenvalue weighted by Crippen LogP contribution is 2.34. The molecule has 3 N–H and O–H groups in total. The molecule has 0 unspecified atom stereocenters. The third-order valence-corrected chi connectivity index (χ3v) is 3.86. The highest BCUT2D eigenvalue weighted by Gasteiger charge is 2.17. The molecule has 0 radical (unpaired) electrons. The van der Waals surface area contributed by atoms with Crippen LogP contribution in [-0.4, -0.2) is 9.67 Å². The number of nitriles is 1. The van der Waals surface area contributed by atoms with Gasteiger partial charge in [0.25, 0.3) is 0 Å². The topological polar surface area (TPSA) is 75.0 Å². The van der Waals surface area contributed by atoms with Crippen LogP contribution in [0.25, 0.3) is 16.6 Å². The van der Waals surface area contributed by atoms with E-state index in [1.807, 2.05) is 11.5 Å². The molecule has 5 heteroatoms. The first-order chi connectivity index (χ1) is 10.4. The lowest BCUT2D eigenvalue weighted by molar-refractivity contribution is 0.479. The molecule has 3 rings (SSSR count). The molecule has 0 fully saturated rings. The van der Waals surface area contributed by atoms with E-state index in [-0.39, 0.29) is 17.3 Å². The highest BCUT2D eigenvalue weighted by molar-refractivity contribution is 5.93. The second-order valence-corrected chi connectivity index (χ2v) is 5.27. The number of hydrogen-bond acceptors (Lipinski definition) is 3. The molecule has 0 bridgehead atoms. The van der Waals surface area contributed by atoms with Gasteiger partial charge in [-0.1, -0.05) is 0 Å². The number of aromatic hydroxyl groups is 1. The number of rotatable bonds is 1. The molecule has 4 nitrogen and oxygen atoms in total. The van der Waals surface area contributed by atoms with Gasteiger partial charge in [-0.3, -0.25) is 0 Å². The zero-order chi connectivity index (χ0) is 16.0. The maximum absolute atomic E-state index is 13.5. The summed E-state index contributed by atoms with van der Waals surface area (Å²) < 4.78 is 15.3. The number of nitrogens with two attached hydrogens (primary N) is 1. The van der Waals surface area contributed by atoms with Gasteiger partial charge in [-0.2, -0.15) is 5.26 Å². The second-order valence-electron chi connectivity index (χ2n) is 5.27. The molecular formula is C17H14FN3O. The monoisotopic (exact) mass is 295 g/mol. The molecule has 0 atom stereocenters. The number of aryl methyl sites for hydroxylation is 1. The lowest BCUT2D eigenvalue weighted by Gasteiger charge is -2.10. The van der Waals surface area contributed by atoms with Crippen LogP contribution in [0.5, 0.6) is 5.75 Å². The normalized spacial score (nSPS) is 10.8. The Kier molecular flexibility index (Phi) is 3.03. The number of halogens is 1. The van der Waals surface area contributed by atoms with Crippen molar-refractivity contribution in [1.29, 1.82) is 5.26 Å². The number of nitrogens with zero attached hydrogens (tertiary/aromatic N) is 2. The maximum atomic E-state index is 13.5. The fourth-order valence-electron chi connectivity index (χ4n) is 2.71. The number of anilines is 1. The molecule has 1 aromatic heterocycles. The van der Waals surface area contributed by atoms with Crippen molar-refractivity contribution in [1.82, 2.24) is 4.57 Å². The van der Waals surface area contributed by atoms with Crippen molar-refractivity contribution >= 4 is 16.6 Å². The Bertz CT molecular complexity index is 951. The van der Waals surface area contributed by atoms with E-state index in [4.69, 9.17) is 5.73 Å². The number of phenolic OH excluding ortho intramolecular Hbond substituents is 1. The van der Waals surface area contributed by atoms with Gasteiger partial charge >= 0.3 is 0 Å². The zero-order valence-corrected chi connectivity index (χ0v) is 12.2. The minimum absolute atomic E-state index is 0.0589. The van der Waals surface area contributed by atoms with Crippen LogP contribution in [0, 0.1) is 31.0 Å². The van der Waals surface area contributed by atoms with Crippen molar-refractivity contribution in [2.24, 2.45) is 0 Å². The summed E-state index contributed by atoms with van der Waals surface area (Å²) in [4.78, 5) is 0. The van der Waals surface area contributed by atoms with Gasteiger partial charge in [0.05, 0.1) is 16.8 Å². The van der Waals surface area contributed by atoms with Gasteiger partial charge in [-0.05, 0) is 49.7 Å². The maximum Gasteiger partial charge on any atom is 0.139 e. The highest BCUT2D eigenvalue weighted by atomic mass is 19.1. The largest absolute Gasteiger partial charge is 0.506 e. The molecule has 0 aliphatic heterocycles. The van der Waals surface area contributed by atoms with E-state index in [1.165, 1.54) is 12.1 Å². The summed E-state index contributed by atoms with van der Waals surface area (Å²) in [6, 6.07) is 10.0. The van der Waals surface area contributed by atoms with Gasteiger partial charge in [-0.25, -0.2) is 4.39 Å². The minimum atomic E-state index is -0.282. The SMILES string of the molecule is Cc1cc(-n2c(C)c(C#N)c3cc(O)c(N)cc32)ccc1F. The first-order valence-corrected chi connectivity index (χ1v) is 6.74. The van der Waals surface area contributed by atoms with Gasteiger partial charge in [0, 0.05) is 16.8 Å². The van der Waals surface area contributed by atoms with E-state index in [9.17, 15) is 14.8 Å². The van der Waals surface area contributed by atoms with Gasteiger partial charge in [0.2, 0.25) is 0 Å². The van der Waals surface area contributed by atoms with Crippen LogP contribution in [0.3, 0.4) is 0 Å². The molecular weight excluding hydrogens is 281 g/mol. The summed E-state index contributed by atoms with van der Waals surface area (Å²) in [5.41, 5.74) is 9.16. The van der Waals surface area contributed by atoms with Crippen LogP contribution in [0.2, 0.25) is 0 Å². The van der Waals surface area contributed by atoms with Crippen molar-refractivity contribution in [3.63, 3.8) is 0 Å². The molecule has 2 aromatic carbocycles. The Morgan fingerprint density at radius 3 is 2.59 bits per heavy atom. The summed E-state index contributed by atoms with van der Waals surface area (Å²) in [5.74, 6) is -0.341. The van der Waals surface area contributed by atoms with E-state index in [1.54, 1.807) is 25.1 Å². The first-order valence-electron chi connectivity index (χ1n) is 6.74. The van der Waals surface area contributed by atoms with E-state index >= 15 is 0 Å². The van der Waals surface area contributed by atoms with Crippen molar-refractivity contribution in [2.75, 3.05) is 5.73 Å². The Morgan fingerprint density at radius 2 is 1.95 bits per heavy atom. The fourth-order valence-corrected chi connectivity index (χ4v) is 2.71. The number of nitrogen functional groups attached to an aromatic ring is 1. The quantitative estimate of drug-likeness (QED) is 0.532. The number of phenols is 1. The van der Waals surface area contributed by atoms with E-state index in [0.717, 1.165) is 5.69 Å². The van der Waals surface area contributed by atoms with Gasteiger partial charge in [-0.15, -0.1) is 0 Å². The zero-order valence-electron chi connectivity index (χ0n) is 12.2. The summed E-state index contributed by atoms with van der Waals surface area (Å²) in [5, 5.41) is 19.8. The third kappa shape index (κ3) is 1.89. The Labute approximate surface area is 126 Å². The summed E-state index contributed by atoms with van der Waals surface area (Å²) in [7, 11) is 0. The van der Waals surface area contributed by atoms with Crippen molar-refractivity contribution in [3.8, 4) is 17.5 Å². The fraction of sp³-hybridized carbons (Fsp3) is 0.118. The summed E-state index contributed by atoms with van der Waals surface area (Å²) in [6.07, 6.45) is 0. The van der Waals surface area contributed by atoms with E-state index in [0.29, 0.717) is 27.7 Å². The molecule has 0 saturated heterocycles. The second kappa shape index (κ2) is 4.78. The van der Waals surface area contributed by atoms with E-state index in [2.05, 4.69) is 6.07 Å². The molecule has 3 aromatic rings. The standard InChI is InChI=1S/C17H14FN3O/c1-9-5-11(3-4-14(9)18)21-10(2)13(8-19)12-6-17(22)15(20)7-16(12)21/h3-7,22H,20H2,1-2H3. The Balaban J connectivity index is 2.43. The smallest absolute Gasteiger partial charge is 0.139 e. The number of aromatic nitrogens is 1. The van der Waals surface area contributed by atoms with Crippen molar-refractivity contribution in [3.05, 3.63) is 53.0 Å². The van der Waals surface area contributed by atoms with E-state index < -0.39 is 0 Å². The average molecular weight is 295 g/mol. The molecule has 0 saturated carbocycles. The lowest BCUT2D eigenvalue weighted by Crippen LogP contribution is -1.99. The van der Waals surface area contributed by atoms with Crippen LogP contribution in [0.4, 0.5) is 10.1 Å². The van der Waals surface area contributed by atoms with Crippen LogP contribution in [0.15, 0.2) is 30.3 Å². The van der Waals surface area contributed by atoms with Crippen LogP contribution < -0.4 is 5.73 Å². The number of fused-ring (bicyclic) bond motifs is 1. The Morgan fingerprint density at radius 1 is 1.23 bits per heavy atom. The molecule has 110 valence electrons. The molecule has 0 aliphatic carbocycles. The molecule has 0 amide bonds. The van der Waals surface area contributed by atoms with Crippen LogP contribution in [0.1, 0.15) is 16.8 Å². The lowest BCUT2D eigenvalue weighted by atomic mass is 10.1. The average Bonchev–Trinajstić information content (AvgIpc) is 2.74. The van der Waals surface area contributed by atoms with Gasteiger partial charge in [0.15, 0.2) is 0 Å². The number of benzene rings is 2. The van der Waals surface area contributed by atoms with Gasteiger partial charge in [0.1, 0.15) is 17.6 Å². The Hall–Kier alpha value is -3.00. The van der Waals surface area contributed by atoms with Crippen molar-refractivity contribution < 1.29 is 9.50 Å². The third-order valence-electron chi connectivity index (χ3n) is 3.86. The van der Waals surface area contributed by atoms with Crippen LogP contribution in [-0.2, 0) is 0 Å². The minimum Gasteiger partial charge on any atom is -0.506 e. The molecule has 0 aliphatic rings. The summed E-state index contributed by atoms with van der Waals surface area (Å²) >= 11 is 0. The molecule has 22 heavy (non-hydrogen) atoms. The van der Waals surface area contributed by atoms with Crippen LogP contribution >= 0.6 is 0 Å². The number of hydrogen-bond donors (Lipinski definition) is 2. The van der Waals surface area contributed by atoms with Crippen molar-refractivity contribution in [2.45, 2.75) is 13.8 Å². The molecule has 1 heterocycles. The molecule has 0 spiro atoms.